The predicted octanol–water partition coefficient (Wildman–Crippen LogP) is -1.87. The minimum atomic E-state index is -1.20. The van der Waals surface area contributed by atoms with Crippen LogP contribution < -0.4 is 21.7 Å². The number of hydrogen-bond acceptors (Lipinski definition) is 6. The summed E-state index contributed by atoms with van der Waals surface area (Å²) in [6.07, 6.45) is 3.79. The summed E-state index contributed by atoms with van der Waals surface area (Å²) in [7, 11) is 0. The Hall–Kier alpha value is -2.95. The van der Waals surface area contributed by atoms with Crippen LogP contribution in [0.25, 0.3) is 0 Å². The van der Waals surface area contributed by atoms with Gasteiger partial charge in [0.2, 0.25) is 17.7 Å². The maximum atomic E-state index is 12.4. The fourth-order valence-corrected chi connectivity index (χ4v) is 2.13. The Balaban J connectivity index is 2.70. The van der Waals surface area contributed by atoms with Gasteiger partial charge in [0, 0.05) is 18.3 Å². The first-order chi connectivity index (χ1) is 12.7. The van der Waals surface area contributed by atoms with Crippen LogP contribution in [0.5, 0.6) is 0 Å². The van der Waals surface area contributed by atoms with Gasteiger partial charge in [-0.3, -0.25) is 19.2 Å². The summed E-state index contributed by atoms with van der Waals surface area (Å²) in [6, 6.07) is -1.74. The highest BCUT2D eigenvalue weighted by molar-refractivity contribution is 5.92. The van der Waals surface area contributed by atoms with Crippen LogP contribution in [0.15, 0.2) is 12.5 Å². The Morgan fingerprint density at radius 1 is 1.22 bits per heavy atom. The standard InChI is InChI=1S/C16H26N6O5/c1-3-9(2)14(17)16(27)22-11(4-10-5-18-8-21-10)15(26)20-6-12(23)19-7-13(24)25/h5,8-9,11,14H,3-4,6-7,17H2,1-2H3,(H,18,21)(H,19,23)(H,20,26)(H,22,27)(H,24,25). The maximum Gasteiger partial charge on any atom is 0.322 e. The van der Waals surface area contributed by atoms with Gasteiger partial charge in [0.1, 0.15) is 12.6 Å². The van der Waals surface area contributed by atoms with Crippen molar-refractivity contribution in [3.8, 4) is 0 Å². The second kappa shape index (κ2) is 10.9. The molecule has 0 aliphatic carbocycles. The molecule has 0 aliphatic rings. The molecule has 0 radical (unpaired) electrons. The van der Waals surface area contributed by atoms with E-state index in [1.165, 1.54) is 12.5 Å². The summed E-state index contributed by atoms with van der Waals surface area (Å²) in [5.41, 5.74) is 6.51. The molecule has 0 aliphatic heterocycles. The quantitative estimate of drug-likeness (QED) is 0.259. The maximum absolute atomic E-state index is 12.4. The summed E-state index contributed by atoms with van der Waals surface area (Å²) in [5.74, 6) is -2.99. The number of imidazole rings is 1. The summed E-state index contributed by atoms with van der Waals surface area (Å²) in [6.45, 7) is 2.77. The third-order valence-electron chi connectivity index (χ3n) is 4.03. The van der Waals surface area contributed by atoms with Crippen molar-refractivity contribution in [2.24, 2.45) is 11.7 Å². The number of carboxylic acids is 1. The summed E-state index contributed by atoms with van der Waals surface area (Å²) in [4.78, 5) is 53.4. The summed E-state index contributed by atoms with van der Waals surface area (Å²) >= 11 is 0. The van der Waals surface area contributed by atoms with Crippen LogP contribution in [0.3, 0.4) is 0 Å². The third kappa shape index (κ3) is 7.86. The van der Waals surface area contributed by atoms with Gasteiger partial charge in [0.05, 0.1) is 18.9 Å². The van der Waals surface area contributed by atoms with Gasteiger partial charge in [-0.15, -0.1) is 0 Å². The zero-order valence-corrected chi connectivity index (χ0v) is 15.3. The van der Waals surface area contributed by atoms with Crippen LogP contribution in [-0.2, 0) is 25.6 Å². The van der Waals surface area contributed by atoms with E-state index in [-0.39, 0.29) is 12.3 Å². The number of nitrogens with two attached hydrogens (primary N) is 1. The lowest BCUT2D eigenvalue weighted by Crippen LogP contribution is -2.55. The lowest BCUT2D eigenvalue weighted by Gasteiger charge is -2.22. The first-order valence-corrected chi connectivity index (χ1v) is 8.54. The van der Waals surface area contributed by atoms with Crippen molar-refractivity contribution in [2.45, 2.75) is 38.8 Å². The van der Waals surface area contributed by atoms with Crippen molar-refractivity contribution in [2.75, 3.05) is 13.1 Å². The molecule has 3 unspecified atom stereocenters. The number of nitrogens with one attached hydrogen (secondary N) is 4. The molecule has 0 saturated carbocycles. The molecule has 11 heteroatoms. The van der Waals surface area contributed by atoms with Gasteiger partial charge in [-0.25, -0.2) is 4.98 Å². The Morgan fingerprint density at radius 2 is 1.93 bits per heavy atom. The molecule has 3 atom stereocenters. The lowest BCUT2D eigenvalue weighted by molar-refractivity contribution is -0.138. The Bertz CT molecular complexity index is 648. The van der Waals surface area contributed by atoms with Crippen LogP contribution in [-0.4, -0.2) is 63.9 Å². The summed E-state index contributed by atoms with van der Waals surface area (Å²) < 4.78 is 0. The van der Waals surface area contributed by atoms with Gasteiger partial charge in [-0.1, -0.05) is 20.3 Å². The summed E-state index contributed by atoms with van der Waals surface area (Å²) in [5, 5.41) is 15.6. The van der Waals surface area contributed by atoms with E-state index < -0.39 is 48.9 Å². The highest BCUT2D eigenvalue weighted by Gasteiger charge is 2.27. The average Bonchev–Trinajstić information content (AvgIpc) is 3.15. The molecule has 1 aromatic heterocycles. The van der Waals surface area contributed by atoms with Crippen LogP contribution >= 0.6 is 0 Å². The van der Waals surface area contributed by atoms with Crippen LogP contribution in [0, 0.1) is 5.92 Å². The number of carboxylic acid groups (broad SMARTS) is 1. The molecule has 0 saturated heterocycles. The van der Waals surface area contributed by atoms with E-state index in [1.807, 2.05) is 13.8 Å². The Morgan fingerprint density at radius 3 is 2.48 bits per heavy atom. The predicted molar refractivity (Wildman–Crippen MR) is 95.3 cm³/mol. The highest BCUT2D eigenvalue weighted by atomic mass is 16.4. The smallest absolute Gasteiger partial charge is 0.322 e. The fourth-order valence-electron chi connectivity index (χ4n) is 2.13. The molecular formula is C16H26N6O5. The van der Waals surface area contributed by atoms with E-state index >= 15 is 0 Å². The van der Waals surface area contributed by atoms with Crippen molar-refractivity contribution >= 4 is 23.7 Å². The number of H-pyrrole nitrogens is 1. The molecule has 0 bridgehead atoms. The topological polar surface area (TPSA) is 179 Å². The number of amides is 3. The molecule has 150 valence electrons. The number of aromatic amines is 1. The van der Waals surface area contributed by atoms with Gasteiger partial charge >= 0.3 is 5.97 Å². The minimum absolute atomic E-state index is 0.0670. The highest BCUT2D eigenvalue weighted by Crippen LogP contribution is 2.06. The molecule has 0 fully saturated rings. The number of aromatic nitrogens is 2. The number of carbonyl (C=O) groups is 4. The van der Waals surface area contributed by atoms with E-state index in [2.05, 4.69) is 25.9 Å². The molecule has 0 aromatic carbocycles. The first kappa shape index (κ1) is 22.1. The lowest BCUT2D eigenvalue weighted by atomic mass is 9.99. The largest absolute Gasteiger partial charge is 0.480 e. The normalized spacial score (nSPS) is 13.9. The average molecular weight is 382 g/mol. The Labute approximate surface area is 156 Å². The molecule has 3 amide bonds. The van der Waals surface area contributed by atoms with Gasteiger partial charge in [-0.2, -0.15) is 0 Å². The molecule has 1 rings (SSSR count). The number of carbonyl (C=O) groups excluding carboxylic acids is 3. The second-order valence-corrected chi connectivity index (χ2v) is 6.14. The van der Waals surface area contributed by atoms with E-state index in [0.29, 0.717) is 12.1 Å². The number of hydrogen-bond donors (Lipinski definition) is 6. The van der Waals surface area contributed by atoms with Crippen molar-refractivity contribution in [1.29, 1.82) is 0 Å². The zero-order chi connectivity index (χ0) is 20.4. The van der Waals surface area contributed by atoms with Crippen LogP contribution in [0.1, 0.15) is 26.0 Å². The van der Waals surface area contributed by atoms with Crippen LogP contribution in [0.4, 0.5) is 0 Å². The van der Waals surface area contributed by atoms with Crippen molar-refractivity contribution in [3.05, 3.63) is 18.2 Å². The molecule has 1 aromatic rings. The monoisotopic (exact) mass is 382 g/mol. The van der Waals surface area contributed by atoms with E-state index in [9.17, 15) is 19.2 Å². The molecule has 27 heavy (non-hydrogen) atoms. The van der Waals surface area contributed by atoms with Gasteiger partial charge < -0.3 is 31.8 Å². The third-order valence-corrected chi connectivity index (χ3v) is 4.03. The SMILES string of the molecule is CCC(C)C(N)C(=O)NC(Cc1cnc[nH]1)C(=O)NCC(=O)NCC(=O)O. The van der Waals surface area contributed by atoms with Crippen molar-refractivity contribution in [3.63, 3.8) is 0 Å². The minimum Gasteiger partial charge on any atom is -0.480 e. The Kier molecular flexibility index (Phi) is 8.93. The van der Waals surface area contributed by atoms with Crippen molar-refractivity contribution in [1.82, 2.24) is 25.9 Å². The van der Waals surface area contributed by atoms with E-state index in [4.69, 9.17) is 10.8 Å². The van der Waals surface area contributed by atoms with Gasteiger partial charge in [0.25, 0.3) is 0 Å². The number of nitrogens with zero attached hydrogens (tertiary/aromatic N) is 1. The second-order valence-electron chi connectivity index (χ2n) is 6.14. The molecular weight excluding hydrogens is 356 g/mol. The van der Waals surface area contributed by atoms with Crippen molar-refractivity contribution < 1.29 is 24.3 Å². The molecule has 0 spiro atoms. The fraction of sp³-hybridized carbons (Fsp3) is 0.562. The molecule has 11 nitrogen and oxygen atoms in total. The van der Waals surface area contributed by atoms with Gasteiger partial charge in [-0.05, 0) is 5.92 Å². The van der Waals surface area contributed by atoms with E-state index in [1.54, 1.807) is 0 Å². The first-order valence-electron chi connectivity index (χ1n) is 8.54. The van der Waals surface area contributed by atoms with Crippen LogP contribution in [0.2, 0.25) is 0 Å². The number of rotatable bonds is 11. The zero-order valence-electron chi connectivity index (χ0n) is 15.3. The van der Waals surface area contributed by atoms with E-state index in [0.717, 1.165) is 0 Å². The number of aliphatic carboxylic acids is 1. The van der Waals surface area contributed by atoms with Gasteiger partial charge in [0.15, 0.2) is 0 Å². The molecule has 1 heterocycles. The molecule has 7 N–H and O–H groups in total.